The topological polar surface area (TPSA) is 40.5 Å². The Morgan fingerprint density at radius 1 is 1.58 bits per heavy atom. The van der Waals surface area contributed by atoms with Crippen LogP contribution in [-0.4, -0.2) is 34.1 Å². The van der Waals surface area contributed by atoms with Crippen molar-refractivity contribution in [2.24, 2.45) is 0 Å². The van der Waals surface area contributed by atoms with E-state index >= 15 is 0 Å². The molecule has 0 aliphatic carbocycles. The van der Waals surface area contributed by atoms with Crippen LogP contribution in [0.5, 0.6) is 0 Å². The summed E-state index contributed by atoms with van der Waals surface area (Å²) < 4.78 is 0. The van der Waals surface area contributed by atoms with Crippen LogP contribution in [0.15, 0.2) is 0 Å². The van der Waals surface area contributed by atoms with Gasteiger partial charge in [0.15, 0.2) is 0 Å². The van der Waals surface area contributed by atoms with Crippen LogP contribution < -0.4 is 0 Å². The fraction of sp³-hybridized carbons (Fsp3) is 0.889. The molecule has 1 rings (SSSR count). The van der Waals surface area contributed by atoms with E-state index in [1.165, 1.54) is 0 Å². The maximum atomic E-state index is 11.3. The highest BCUT2D eigenvalue weighted by molar-refractivity contribution is 5.78. The molecule has 1 amide bonds. The number of carbonyl (C=O) groups excluding carboxylic acids is 1. The summed E-state index contributed by atoms with van der Waals surface area (Å²) in [4.78, 5) is 13.1. The number of hydrogen-bond donors (Lipinski definition) is 1. The molecular formula is C9H17NO2. The number of nitrogens with zero attached hydrogens (tertiary/aromatic N) is 1. The molecule has 1 aliphatic heterocycles. The highest BCUT2D eigenvalue weighted by atomic mass is 16.3. The average molecular weight is 171 g/mol. The molecule has 3 nitrogen and oxygen atoms in total. The number of aliphatic hydroxyl groups excluding tert-OH is 1. The van der Waals surface area contributed by atoms with Gasteiger partial charge in [-0.1, -0.05) is 0 Å². The predicted octanol–water partition coefficient (Wildman–Crippen LogP) is 0.768. The minimum absolute atomic E-state index is 0.168. The first-order valence-electron chi connectivity index (χ1n) is 4.45. The number of amides is 1. The number of hydrogen-bond acceptors (Lipinski definition) is 2. The highest BCUT2D eigenvalue weighted by Crippen LogP contribution is 2.24. The Balaban J connectivity index is 2.73. The van der Waals surface area contributed by atoms with E-state index in [0.29, 0.717) is 6.42 Å². The summed E-state index contributed by atoms with van der Waals surface area (Å²) in [6, 6.07) is 0. The second-order valence-corrected chi connectivity index (χ2v) is 3.98. The SMILES string of the molecule is CC(O)C(C)(C)N1CCCC1=O. The van der Waals surface area contributed by atoms with Gasteiger partial charge in [-0.3, -0.25) is 4.79 Å². The van der Waals surface area contributed by atoms with Crippen molar-refractivity contribution in [3.05, 3.63) is 0 Å². The molecule has 1 heterocycles. The van der Waals surface area contributed by atoms with Crippen LogP contribution in [0.1, 0.15) is 33.6 Å². The Morgan fingerprint density at radius 3 is 2.50 bits per heavy atom. The first-order chi connectivity index (χ1) is 5.46. The molecule has 3 heteroatoms. The van der Waals surface area contributed by atoms with Gasteiger partial charge in [0.25, 0.3) is 0 Å². The Morgan fingerprint density at radius 2 is 2.17 bits per heavy atom. The fourth-order valence-corrected chi connectivity index (χ4v) is 1.48. The molecule has 70 valence electrons. The van der Waals surface area contributed by atoms with E-state index in [2.05, 4.69) is 0 Å². The van der Waals surface area contributed by atoms with Crippen molar-refractivity contribution in [2.75, 3.05) is 6.54 Å². The zero-order valence-corrected chi connectivity index (χ0v) is 8.00. The Kier molecular flexibility index (Phi) is 2.42. The van der Waals surface area contributed by atoms with Gasteiger partial charge in [0.2, 0.25) is 5.91 Å². The summed E-state index contributed by atoms with van der Waals surface area (Å²) in [7, 11) is 0. The van der Waals surface area contributed by atoms with Crippen molar-refractivity contribution >= 4 is 5.91 Å². The van der Waals surface area contributed by atoms with Gasteiger partial charge in [-0.05, 0) is 27.2 Å². The molecule has 0 aromatic heterocycles. The third-order valence-corrected chi connectivity index (χ3v) is 2.79. The molecule has 1 atom stereocenters. The van der Waals surface area contributed by atoms with Crippen molar-refractivity contribution in [1.82, 2.24) is 4.90 Å². The van der Waals surface area contributed by atoms with E-state index < -0.39 is 11.6 Å². The van der Waals surface area contributed by atoms with Gasteiger partial charge in [0.05, 0.1) is 11.6 Å². The first kappa shape index (κ1) is 9.52. The summed E-state index contributed by atoms with van der Waals surface area (Å²) in [5, 5.41) is 9.46. The van der Waals surface area contributed by atoms with Gasteiger partial charge in [0, 0.05) is 13.0 Å². The number of likely N-dealkylation sites (tertiary alicyclic amines) is 1. The molecule has 0 bridgehead atoms. The molecule has 0 spiro atoms. The molecule has 1 unspecified atom stereocenters. The smallest absolute Gasteiger partial charge is 0.223 e. The maximum absolute atomic E-state index is 11.3. The minimum atomic E-state index is -0.473. The van der Waals surface area contributed by atoms with Gasteiger partial charge in [-0.2, -0.15) is 0 Å². The number of aliphatic hydroxyl groups is 1. The molecule has 0 aromatic rings. The van der Waals surface area contributed by atoms with Crippen molar-refractivity contribution < 1.29 is 9.90 Å². The van der Waals surface area contributed by atoms with Gasteiger partial charge in [0.1, 0.15) is 0 Å². The number of carbonyl (C=O) groups is 1. The van der Waals surface area contributed by atoms with Crippen LogP contribution in [0.2, 0.25) is 0 Å². The van der Waals surface area contributed by atoms with E-state index in [1.807, 2.05) is 13.8 Å². The lowest BCUT2D eigenvalue weighted by atomic mass is 9.97. The molecule has 1 aliphatic rings. The van der Waals surface area contributed by atoms with E-state index in [0.717, 1.165) is 13.0 Å². The van der Waals surface area contributed by atoms with E-state index in [4.69, 9.17) is 0 Å². The lowest BCUT2D eigenvalue weighted by Crippen LogP contribution is -2.51. The van der Waals surface area contributed by atoms with Crippen LogP contribution >= 0.6 is 0 Å². The minimum Gasteiger partial charge on any atom is -0.391 e. The molecular weight excluding hydrogens is 154 g/mol. The van der Waals surface area contributed by atoms with Gasteiger partial charge < -0.3 is 10.0 Å². The quantitative estimate of drug-likeness (QED) is 0.666. The van der Waals surface area contributed by atoms with Gasteiger partial charge in [-0.15, -0.1) is 0 Å². The van der Waals surface area contributed by atoms with Crippen LogP contribution in [-0.2, 0) is 4.79 Å². The van der Waals surface area contributed by atoms with E-state index in [-0.39, 0.29) is 5.91 Å². The van der Waals surface area contributed by atoms with Crippen LogP contribution in [0.25, 0.3) is 0 Å². The summed E-state index contributed by atoms with van der Waals surface area (Å²) >= 11 is 0. The van der Waals surface area contributed by atoms with Crippen LogP contribution in [0.4, 0.5) is 0 Å². The Hall–Kier alpha value is -0.570. The molecule has 0 radical (unpaired) electrons. The molecule has 0 aromatic carbocycles. The van der Waals surface area contributed by atoms with Crippen LogP contribution in [0.3, 0.4) is 0 Å². The fourth-order valence-electron chi connectivity index (χ4n) is 1.48. The predicted molar refractivity (Wildman–Crippen MR) is 46.7 cm³/mol. The molecule has 12 heavy (non-hydrogen) atoms. The monoisotopic (exact) mass is 171 g/mol. The second kappa shape index (κ2) is 3.05. The van der Waals surface area contributed by atoms with Gasteiger partial charge >= 0.3 is 0 Å². The molecule has 1 fully saturated rings. The van der Waals surface area contributed by atoms with Crippen molar-refractivity contribution in [3.63, 3.8) is 0 Å². The normalized spacial score (nSPS) is 21.7. The third kappa shape index (κ3) is 1.46. The number of rotatable bonds is 2. The second-order valence-electron chi connectivity index (χ2n) is 3.98. The molecule has 0 saturated carbocycles. The largest absolute Gasteiger partial charge is 0.391 e. The highest BCUT2D eigenvalue weighted by Gasteiger charge is 2.37. The standard InChI is InChI=1S/C9H17NO2/c1-7(11)9(2,3)10-6-4-5-8(10)12/h7,11H,4-6H2,1-3H3. The molecule has 1 saturated heterocycles. The summed E-state index contributed by atoms with van der Waals surface area (Å²) in [5.74, 6) is 0.168. The van der Waals surface area contributed by atoms with E-state index in [1.54, 1.807) is 11.8 Å². The molecule has 1 N–H and O–H groups in total. The van der Waals surface area contributed by atoms with E-state index in [9.17, 15) is 9.90 Å². The lowest BCUT2D eigenvalue weighted by Gasteiger charge is -2.37. The zero-order chi connectivity index (χ0) is 9.35. The van der Waals surface area contributed by atoms with Crippen LogP contribution in [0, 0.1) is 0 Å². The zero-order valence-electron chi connectivity index (χ0n) is 8.00. The van der Waals surface area contributed by atoms with Gasteiger partial charge in [-0.25, -0.2) is 0 Å². The van der Waals surface area contributed by atoms with Crippen molar-refractivity contribution in [3.8, 4) is 0 Å². The Bertz CT molecular complexity index is 187. The summed E-state index contributed by atoms with van der Waals surface area (Å²) in [6.45, 7) is 6.32. The first-order valence-corrected chi connectivity index (χ1v) is 4.45. The third-order valence-electron chi connectivity index (χ3n) is 2.79. The maximum Gasteiger partial charge on any atom is 0.223 e. The lowest BCUT2D eigenvalue weighted by molar-refractivity contribution is -0.135. The summed E-state index contributed by atoms with van der Waals surface area (Å²) in [6.07, 6.45) is 1.09. The summed E-state index contributed by atoms with van der Waals surface area (Å²) in [5.41, 5.74) is -0.409. The Labute approximate surface area is 73.4 Å². The van der Waals surface area contributed by atoms with Crippen molar-refractivity contribution in [2.45, 2.75) is 45.3 Å². The van der Waals surface area contributed by atoms with Crippen molar-refractivity contribution in [1.29, 1.82) is 0 Å². The average Bonchev–Trinajstić information content (AvgIpc) is 2.35.